The van der Waals surface area contributed by atoms with Crippen molar-refractivity contribution in [3.8, 4) is 0 Å². The van der Waals surface area contributed by atoms with E-state index in [9.17, 15) is 0 Å². The molecule has 88 valence electrons. The van der Waals surface area contributed by atoms with Crippen LogP contribution in [0.25, 0.3) is 0 Å². The highest BCUT2D eigenvalue weighted by molar-refractivity contribution is 5.00. The Morgan fingerprint density at radius 2 is 1.60 bits per heavy atom. The molecule has 2 aliphatic rings. The largest absolute Gasteiger partial charge is 0.354 e. The third-order valence-corrected chi connectivity index (χ3v) is 4.34. The minimum Gasteiger partial charge on any atom is -0.354 e. The average Bonchev–Trinajstić information content (AvgIpc) is 2.14. The van der Waals surface area contributed by atoms with E-state index in [1.807, 2.05) is 0 Å². The van der Waals surface area contributed by atoms with E-state index in [1.165, 1.54) is 0 Å². The molecule has 2 N–H and O–H groups in total. The Hall–Kier alpha value is -0.120. The molecule has 0 bridgehead atoms. The summed E-state index contributed by atoms with van der Waals surface area (Å²) in [6.45, 7) is 12.1. The third-order valence-electron chi connectivity index (χ3n) is 4.34. The smallest absolute Gasteiger partial charge is 0.122 e. The Morgan fingerprint density at radius 1 is 1.00 bits per heavy atom. The molecule has 3 heteroatoms. The zero-order valence-electron chi connectivity index (χ0n) is 10.4. The number of piperidine rings is 1. The molecule has 0 aromatic rings. The molecule has 0 unspecified atom stereocenters. The highest BCUT2D eigenvalue weighted by Crippen LogP contribution is 2.42. The van der Waals surface area contributed by atoms with Crippen molar-refractivity contribution in [2.45, 2.75) is 51.9 Å². The summed E-state index contributed by atoms with van der Waals surface area (Å²) >= 11 is 0. The van der Waals surface area contributed by atoms with Gasteiger partial charge in [0.1, 0.15) is 5.72 Å². The van der Waals surface area contributed by atoms with Crippen molar-refractivity contribution in [2.24, 2.45) is 5.41 Å². The Bertz CT molecular complexity index is 242. The molecule has 2 heterocycles. The molecule has 2 aliphatic heterocycles. The molecule has 0 aliphatic carbocycles. The molecule has 2 rings (SSSR count). The summed E-state index contributed by atoms with van der Waals surface area (Å²) in [6.07, 6.45) is 2.15. The van der Waals surface area contributed by atoms with E-state index in [4.69, 9.17) is 4.74 Å². The number of ether oxygens (including phenoxy) is 1. The Labute approximate surface area is 93.0 Å². The van der Waals surface area contributed by atoms with Crippen molar-refractivity contribution in [1.29, 1.82) is 0 Å². The van der Waals surface area contributed by atoms with Crippen LogP contribution in [-0.4, -0.2) is 31.0 Å². The van der Waals surface area contributed by atoms with Crippen LogP contribution in [0.15, 0.2) is 0 Å². The Balaban J connectivity index is 2.14. The predicted octanol–water partition coefficient (Wildman–Crippen LogP) is 1.49. The van der Waals surface area contributed by atoms with Crippen LogP contribution < -0.4 is 10.6 Å². The van der Waals surface area contributed by atoms with E-state index < -0.39 is 0 Å². The fourth-order valence-corrected chi connectivity index (χ4v) is 2.37. The van der Waals surface area contributed by atoms with Gasteiger partial charge in [-0.2, -0.15) is 0 Å². The standard InChI is InChI=1S/C12H24N2O/c1-10(2)9-14-12(15-11(10,3)4)5-7-13-8-6-12/h13-14H,5-9H2,1-4H3. The first kappa shape index (κ1) is 11.4. The normalized spacial score (nSPS) is 32.8. The summed E-state index contributed by atoms with van der Waals surface area (Å²) in [5, 5.41) is 7.00. The van der Waals surface area contributed by atoms with Gasteiger partial charge in [-0.05, 0) is 26.9 Å². The zero-order chi connectivity index (χ0) is 11.2. The van der Waals surface area contributed by atoms with Gasteiger partial charge >= 0.3 is 0 Å². The lowest BCUT2D eigenvalue weighted by Gasteiger charge is -2.55. The van der Waals surface area contributed by atoms with Gasteiger partial charge in [0.05, 0.1) is 5.60 Å². The van der Waals surface area contributed by atoms with Gasteiger partial charge in [0.15, 0.2) is 0 Å². The molecular formula is C12H24N2O. The van der Waals surface area contributed by atoms with Gasteiger partial charge in [-0.1, -0.05) is 13.8 Å². The molecule has 2 saturated heterocycles. The second-order valence-corrected chi connectivity index (χ2v) is 6.09. The van der Waals surface area contributed by atoms with Crippen molar-refractivity contribution < 1.29 is 4.74 Å². The lowest BCUT2D eigenvalue weighted by molar-refractivity contribution is -0.243. The first-order chi connectivity index (χ1) is 6.87. The fraction of sp³-hybridized carbons (Fsp3) is 1.00. The third kappa shape index (κ3) is 1.93. The second-order valence-electron chi connectivity index (χ2n) is 6.09. The lowest BCUT2D eigenvalue weighted by Crippen LogP contribution is -2.67. The summed E-state index contributed by atoms with van der Waals surface area (Å²) in [5.41, 5.74) is 0.0863. The zero-order valence-corrected chi connectivity index (χ0v) is 10.4. The van der Waals surface area contributed by atoms with Gasteiger partial charge in [0.25, 0.3) is 0 Å². The maximum Gasteiger partial charge on any atom is 0.122 e. The van der Waals surface area contributed by atoms with Gasteiger partial charge in [-0.3, -0.25) is 5.32 Å². The molecule has 0 aromatic heterocycles. The molecule has 0 radical (unpaired) electrons. The molecular weight excluding hydrogens is 188 g/mol. The lowest BCUT2D eigenvalue weighted by atomic mass is 9.74. The average molecular weight is 212 g/mol. The predicted molar refractivity (Wildman–Crippen MR) is 61.8 cm³/mol. The minimum atomic E-state index is -0.0652. The highest BCUT2D eigenvalue weighted by atomic mass is 16.5. The summed E-state index contributed by atoms with van der Waals surface area (Å²) in [5.74, 6) is 0. The van der Waals surface area contributed by atoms with Crippen molar-refractivity contribution in [3.63, 3.8) is 0 Å². The Morgan fingerprint density at radius 3 is 2.13 bits per heavy atom. The molecule has 1 spiro atoms. The maximum atomic E-state index is 6.37. The topological polar surface area (TPSA) is 33.3 Å². The molecule has 0 atom stereocenters. The van der Waals surface area contributed by atoms with E-state index in [0.717, 1.165) is 32.5 Å². The number of hydrogen-bond acceptors (Lipinski definition) is 3. The SMILES string of the molecule is CC1(C)CNC2(CCNCC2)OC1(C)C. The van der Waals surface area contributed by atoms with E-state index >= 15 is 0 Å². The first-order valence-electron chi connectivity index (χ1n) is 6.03. The molecule has 0 saturated carbocycles. The van der Waals surface area contributed by atoms with E-state index in [2.05, 4.69) is 38.3 Å². The van der Waals surface area contributed by atoms with Gasteiger partial charge in [0, 0.05) is 24.8 Å². The van der Waals surface area contributed by atoms with Crippen LogP contribution in [0.2, 0.25) is 0 Å². The summed E-state index contributed by atoms with van der Waals surface area (Å²) in [6, 6.07) is 0. The number of nitrogens with one attached hydrogen (secondary N) is 2. The van der Waals surface area contributed by atoms with Crippen LogP contribution in [0.1, 0.15) is 40.5 Å². The van der Waals surface area contributed by atoms with Crippen LogP contribution in [-0.2, 0) is 4.74 Å². The van der Waals surface area contributed by atoms with Crippen molar-refractivity contribution in [3.05, 3.63) is 0 Å². The van der Waals surface area contributed by atoms with Gasteiger partial charge in [-0.25, -0.2) is 0 Å². The summed E-state index contributed by atoms with van der Waals surface area (Å²) < 4.78 is 6.37. The highest BCUT2D eigenvalue weighted by Gasteiger charge is 2.50. The minimum absolute atomic E-state index is 0.0460. The molecule has 3 nitrogen and oxygen atoms in total. The van der Waals surface area contributed by atoms with Crippen LogP contribution in [0.5, 0.6) is 0 Å². The monoisotopic (exact) mass is 212 g/mol. The van der Waals surface area contributed by atoms with Crippen molar-refractivity contribution in [2.75, 3.05) is 19.6 Å². The van der Waals surface area contributed by atoms with E-state index in [-0.39, 0.29) is 16.7 Å². The van der Waals surface area contributed by atoms with Gasteiger partial charge in [0.2, 0.25) is 0 Å². The van der Waals surface area contributed by atoms with Crippen molar-refractivity contribution >= 4 is 0 Å². The van der Waals surface area contributed by atoms with Gasteiger partial charge < -0.3 is 10.1 Å². The van der Waals surface area contributed by atoms with Crippen LogP contribution in [0.3, 0.4) is 0 Å². The van der Waals surface area contributed by atoms with Gasteiger partial charge in [-0.15, -0.1) is 0 Å². The van der Waals surface area contributed by atoms with Crippen molar-refractivity contribution in [1.82, 2.24) is 10.6 Å². The molecule has 15 heavy (non-hydrogen) atoms. The quantitative estimate of drug-likeness (QED) is 0.638. The fourth-order valence-electron chi connectivity index (χ4n) is 2.37. The van der Waals surface area contributed by atoms with Crippen LogP contribution in [0, 0.1) is 5.41 Å². The molecule has 2 fully saturated rings. The maximum absolute atomic E-state index is 6.37. The van der Waals surface area contributed by atoms with E-state index in [0.29, 0.717) is 0 Å². The van der Waals surface area contributed by atoms with E-state index in [1.54, 1.807) is 0 Å². The van der Waals surface area contributed by atoms with Crippen LogP contribution in [0.4, 0.5) is 0 Å². The number of rotatable bonds is 0. The molecule has 0 aromatic carbocycles. The van der Waals surface area contributed by atoms with Crippen LogP contribution >= 0.6 is 0 Å². The first-order valence-corrected chi connectivity index (χ1v) is 6.03. The Kier molecular flexibility index (Phi) is 2.61. The summed E-state index contributed by atoms with van der Waals surface area (Å²) in [4.78, 5) is 0. The number of hydrogen-bond donors (Lipinski definition) is 2. The second kappa shape index (κ2) is 3.44. The molecule has 0 amide bonds. The summed E-state index contributed by atoms with van der Waals surface area (Å²) in [7, 11) is 0.